The Kier molecular flexibility index (Phi) is 9.21. The lowest BCUT2D eigenvalue weighted by atomic mass is 10.0. The first-order valence-electron chi connectivity index (χ1n) is 10.1. The second-order valence-electron chi connectivity index (χ2n) is 7.24. The molecule has 0 aliphatic heterocycles. The van der Waals surface area contributed by atoms with Crippen molar-refractivity contribution in [2.45, 2.75) is 45.5 Å². The number of ether oxygens (including phenoxy) is 3. The summed E-state index contributed by atoms with van der Waals surface area (Å²) in [6.07, 6.45) is 2.53. The third-order valence-corrected chi connectivity index (χ3v) is 4.80. The molecule has 0 spiro atoms. The third kappa shape index (κ3) is 6.93. The largest absolute Gasteiger partial charge is 0.503 e. The highest BCUT2D eigenvalue weighted by Crippen LogP contribution is 2.29. The molecule has 2 aromatic rings. The van der Waals surface area contributed by atoms with Crippen molar-refractivity contribution in [3.05, 3.63) is 66.5 Å². The van der Waals surface area contributed by atoms with Gasteiger partial charge in [-0.2, -0.15) is 0 Å². The fourth-order valence-electron chi connectivity index (χ4n) is 2.98. The summed E-state index contributed by atoms with van der Waals surface area (Å²) >= 11 is 0. The van der Waals surface area contributed by atoms with Crippen LogP contribution in [0.1, 0.15) is 42.7 Å². The van der Waals surface area contributed by atoms with Crippen molar-refractivity contribution >= 4 is 11.8 Å². The van der Waals surface area contributed by atoms with E-state index in [0.717, 1.165) is 5.56 Å². The molecule has 3 atom stereocenters. The molecule has 0 saturated carbocycles. The van der Waals surface area contributed by atoms with E-state index in [2.05, 4.69) is 11.6 Å². The van der Waals surface area contributed by atoms with Crippen LogP contribution in [-0.2, 0) is 20.9 Å². The Morgan fingerprint density at radius 1 is 1.19 bits per heavy atom. The summed E-state index contributed by atoms with van der Waals surface area (Å²) in [5.74, 6) is -1.92. The predicted molar refractivity (Wildman–Crippen MR) is 116 cm³/mol. The normalized spacial score (nSPS) is 13.6. The molecule has 0 saturated heterocycles. The van der Waals surface area contributed by atoms with E-state index in [1.807, 2.05) is 30.3 Å². The molecule has 1 aromatic heterocycles. The van der Waals surface area contributed by atoms with Gasteiger partial charge in [-0.05, 0) is 18.9 Å². The Balaban J connectivity index is 1.94. The predicted octanol–water partition coefficient (Wildman–Crippen LogP) is 4.10. The quantitative estimate of drug-likeness (QED) is 0.310. The SMILES string of the molecule is C=CCC(OCc1ccccc1)[C@H](C)OC(=O)[C@H](C)CC(=O)c1nccc(OC)c1O. The van der Waals surface area contributed by atoms with E-state index in [-0.39, 0.29) is 29.7 Å². The number of pyridine rings is 1. The summed E-state index contributed by atoms with van der Waals surface area (Å²) in [5, 5.41) is 10.1. The standard InChI is InChI=1S/C24H29NO6/c1-5-9-20(30-15-18-10-7-6-8-11-18)17(3)31-24(28)16(2)14-19(26)22-23(27)21(29-4)12-13-25-22/h5-8,10-13,16-17,20,27H,1,9,14-15H2,2-4H3/t16-,17+,20?/m1/s1. The lowest BCUT2D eigenvalue weighted by molar-refractivity contribution is -0.160. The molecule has 2 rings (SSSR count). The topological polar surface area (TPSA) is 95.0 Å². The van der Waals surface area contributed by atoms with Crippen LogP contribution in [0.3, 0.4) is 0 Å². The van der Waals surface area contributed by atoms with Crippen molar-refractivity contribution in [1.29, 1.82) is 0 Å². The molecule has 7 heteroatoms. The molecule has 31 heavy (non-hydrogen) atoms. The van der Waals surface area contributed by atoms with Crippen LogP contribution in [0.2, 0.25) is 0 Å². The van der Waals surface area contributed by atoms with Crippen molar-refractivity contribution in [3.63, 3.8) is 0 Å². The van der Waals surface area contributed by atoms with Gasteiger partial charge in [-0.3, -0.25) is 9.59 Å². The molecular formula is C24H29NO6. The van der Waals surface area contributed by atoms with Crippen LogP contribution in [0.25, 0.3) is 0 Å². The van der Waals surface area contributed by atoms with E-state index in [0.29, 0.717) is 13.0 Å². The van der Waals surface area contributed by atoms with E-state index < -0.39 is 23.8 Å². The smallest absolute Gasteiger partial charge is 0.309 e. The van der Waals surface area contributed by atoms with E-state index in [1.165, 1.54) is 19.4 Å². The highest BCUT2D eigenvalue weighted by molar-refractivity contribution is 5.99. The summed E-state index contributed by atoms with van der Waals surface area (Å²) in [6, 6.07) is 11.1. The van der Waals surface area contributed by atoms with Crippen LogP contribution in [0.15, 0.2) is 55.3 Å². The number of carbonyl (C=O) groups is 2. The number of esters is 1. The minimum atomic E-state index is -0.721. The molecule has 1 unspecified atom stereocenters. The summed E-state index contributed by atoms with van der Waals surface area (Å²) in [4.78, 5) is 29.0. The molecule has 7 nitrogen and oxygen atoms in total. The average molecular weight is 427 g/mol. The first-order valence-corrected chi connectivity index (χ1v) is 10.1. The Morgan fingerprint density at radius 2 is 1.90 bits per heavy atom. The Morgan fingerprint density at radius 3 is 2.55 bits per heavy atom. The Hall–Kier alpha value is -3.19. The number of benzene rings is 1. The second kappa shape index (κ2) is 11.9. The summed E-state index contributed by atoms with van der Waals surface area (Å²) < 4.78 is 16.5. The maximum Gasteiger partial charge on any atom is 0.309 e. The summed E-state index contributed by atoms with van der Waals surface area (Å²) in [6.45, 7) is 7.47. The van der Waals surface area contributed by atoms with Gasteiger partial charge in [0, 0.05) is 18.7 Å². The van der Waals surface area contributed by atoms with Gasteiger partial charge in [0.2, 0.25) is 0 Å². The number of aromatic hydroxyl groups is 1. The van der Waals surface area contributed by atoms with Gasteiger partial charge in [0.05, 0.1) is 25.7 Å². The maximum absolute atomic E-state index is 12.5. The van der Waals surface area contributed by atoms with Crippen molar-refractivity contribution in [1.82, 2.24) is 4.98 Å². The van der Waals surface area contributed by atoms with Crippen molar-refractivity contribution in [3.8, 4) is 11.5 Å². The van der Waals surface area contributed by atoms with Crippen LogP contribution in [0, 0.1) is 5.92 Å². The Labute approximate surface area is 182 Å². The molecule has 0 fully saturated rings. The molecule has 166 valence electrons. The van der Waals surface area contributed by atoms with E-state index >= 15 is 0 Å². The van der Waals surface area contributed by atoms with Crippen LogP contribution in [-0.4, -0.2) is 41.2 Å². The van der Waals surface area contributed by atoms with Gasteiger partial charge < -0.3 is 19.3 Å². The fourth-order valence-corrected chi connectivity index (χ4v) is 2.98. The molecule has 0 amide bonds. The van der Waals surface area contributed by atoms with Crippen molar-refractivity contribution < 1.29 is 28.9 Å². The highest BCUT2D eigenvalue weighted by Gasteiger charge is 2.27. The van der Waals surface area contributed by atoms with E-state index in [4.69, 9.17) is 14.2 Å². The van der Waals surface area contributed by atoms with Crippen LogP contribution < -0.4 is 4.74 Å². The molecule has 0 radical (unpaired) electrons. The van der Waals surface area contributed by atoms with Gasteiger partial charge in [-0.1, -0.05) is 43.3 Å². The number of nitrogens with zero attached hydrogens (tertiary/aromatic N) is 1. The van der Waals surface area contributed by atoms with Crippen LogP contribution in [0.5, 0.6) is 11.5 Å². The number of ketones is 1. The van der Waals surface area contributed by atoms with Crippen molar-refractivity contribution in [2.24, 2.45) is 5.92 Å². The zero-order chi connectivity index (χ0) is 22.8. The zero-order valence-corrected chi connectivity index (χ0v) is 18.1. The second-order valence-corrected chi connectivity index (χ2v) is 7.24. The van der Waals surface area contributed by atoms with Gasteiger partial charge in [-0.15, -0.1) is 6.58 Å². The number of aromatic nitrogens is 1. The van der Waals surface area contributed by atoms with E-state index in [9.17, 15) is 14.7 Å². The van der Waals surface area contributed by atoms with E-state index in [1.54, 1.807) is 19.9 Å². The number of hydrogen-bond donors (Lipinski definition) is 1. The van der Waals surface area contributed by atoms with Gasteiger partial charge >= 0.3 is 5.97 Å². The molecule has 0 aliphatic rings. The van der Waals surface area contributed by atoms with Crippen molar-refractivity contribution in [2.75, 3.05) is 7.11 Å². The lowest BCUT2D eigenvalue weighted by Crippen LogP contribution is -2.33. The highest BCUT2D eigenvalue weighted by atomic mass is 16.6. The molecule has 0 aliphatic carbocycles. The average Bonchev–Trinajstić information content (AvgIpc) is 2.77. The number of Topliss-reactive ketones (excluding diaryl/α,β-unsaturated/α-hetero) is 1. The third-order valence-electron chi connectivity index (χ3n) is 4.80. The molecule has 0 bridgehead atoms. The van der Waals surface area contributed by atoms with Gasteiger partial charge in [0.1, 0.15) is 6.10 Å². The fraction of sp³-hybridized carbons (Fsp3) is 0.375. The number of carbonyl (C=O) groups excluding carboxylic acids is 2. The van der Waals surface area contributed by atoms with Crippen LogP contribution >= 0.6 is 0 Å². The minimum Gasteiger partial charge on any atom is -0.503 e. The summed E-state index contributed by atoms with van der Waals surface area (Å²) in [5.41, 5.74) is 0.877. The molecule has 1 N–H and O–H groups in total. The molecular weight excluding hydrogens is 398 g/mol. The molecule has 1 heterocycles. The number of rotatable bonds is 12. The first kappa shape index (κ1) is 24.1. The first-order chi connectivity index (χ1) is 14.9. The van der Waals surface area contributed by atoms with Gasteiger partial charge in [0.25, 0.3) is 0 Å². The number of hydrogen-bond acceptors (Lipinski definition) is 7. The van der Waals surface area contributed by atoms with Crippen LogP contribution in [0.4, 0.5) is 0 Å². The minimum absolute atomic E-state index is 0.136. The monoisotopic (exact) mass is 427 g/mol. The molecule has 1 aromatic carbocycles. The lowest BCUT2D eigenvalue weighted by Gasteiger charge is -2.25. The number of methoxy groups -OCH3 is 1. The maximum atomic E-state index is 12.5. The Bertz CT molecular complexity index is 883. The zero-order valence-electron chi connectivity index (χ0n) is 18.1. The van der Waals surface area contributed by atoms with Gasteiger partial charge in [-0.25, -0.2) is 4.98 Å². The summed E-state index contributed by atoms with van der Waals surface area (Å²) in [7, 11) is 1.38. The van der Waals surface area contributed by atoms with Gasteiger partial charge in [0.15, 0.2) is 23.0 Å².